The van der Waals surface area contributed by atoms with Crippen LogP contribution in [0.25, 0.3) is 10.4 Å². The van der Waals surface area contributed by atoms with Crippen LogP contribution in [0.1, 0.15) is 223 Å². The molecule has 0 radical (unpaired) electrons. The lowest BCUT2D eigenvalue weighted by molar-refractivity contribution is 0.00503. The monoisotopic (exact) mass is 1750 g/mol. The Hall–Kier alpha value is -8.03. The van der Waals surface area contributed by atoms with Gasteiger partial charge in [-0.15, -0.1) is 38.5 Å². The largest absolute Gasteiger partial charge is 0.455 e. The van der Waals surface area contributed by atoms with Crippen LogP contribution >= 0.6 is 39.1 Å². The number of benzene rings is 6. The van der Waals surface area contributed by atoms with Gasteiger partial charge in [0.15, 0.2) is 42.0 Å². The van der Waals surface area contributed by atoms with E-state index in [0.717, 1.165) is 61.0 Å². The first-order chi connectivity index (χ1) is 53.9. The number of esters is 3. The van der Waals surface area contributed by atoms with E-state index in [1.54, 1.807) is 53.4 Å². The second kappa shape index (κ2) is 45.8. The SMILES string of the molecule is CC(C)(C)OC(=O)c1cn(Cc2ccc(CBr)cc2)nn1.CC(C)(C)OC(=O)c1cn(Cc2ccc(CO)cc2)nn1.CC(C)(C)OC(=O)c1cn(Cc2ccc(CO[Si](C)(C)C(C)(C)C)cc2)nn1.CC(C)(C)[Si](C)(C)OCc1ccc(CCl)cc1.CC(C)(C)[Si](C)(C)OCc1ccc(CN=[N+]=[N-])cc1.OCc1ccc(CCl)cc1. The summed E-state index contributed by atoms with van der Waals surface area (Å²) in [7, 11) is -5.08. The van der Waals surface area contributed by atoms with Crippen LogP contribution in [0.5, 0.6) is 0 Å². The van der Waals surface area contributed by atoms with Crippen molar-refractivity contribution >= 4 is 82.0 Å². The maximum absolute atomic E-state index is 12.0. The van der Waals surface area contributed by atoms with Crippen molar-refractivity contribution in [3.05, 3.63) is 258 Å². The minimum atomic E-state index is -1.75. The number of aliphatic hydroxyl groups is 2. The molecule has 0 atom stereocenters. The average molecular weight is 1750 g/mol. The molecule has 9 rings (SSSR count). The molecular formula is C87H125BrCl2N12O11Si3. The van der Waals surface area contributed by atoms with Gasteiger partial charge in [0.1, 0.15) is 16.8 Å². The number of ether oxygens (including phenoxy) is 3. The zero-order valence-electron chi connectivity index (χ0n) is 72.6. The number of carbonyl (C=O) groups excluding carboxylic acids is 3. The fourth-order valence-electron chi connectivity index (χ4n) is 8.94. The van der Waals surface area contributed by atoms with Crippen LogP contribution in [0, 0.1) is 0 Å². The van der Waals surface area contributed by atoms with Gasteiger partial charge in [-0.1, -0.05) is 245 Å². The highest BCUT2D eigenvalue weighted by atomic mass is 79.9. The molecule has 0 aliphatic carbocycles. The number of nitrogens with zero attached hydrogens (tertiary/aromatic N) is 12. The van der Waals surface area contributed by atoms with Gasteiger partial charge in [-0.25, -0.2) is 28.4 Å². The number of azide groups is 1. The Balaban J connectivity index is 0.000000299. The van der Waals surface area contributed by atoms with Crippen molar-refractivity contribution in [2.75, 3.05) is 0 Å². The van der Waals surface area contributed by atoms with E-state index in [1.165, 1.54) is 11.1 Å². The van der Waals surface area contributed by atoms with Crippen LogP contribution in [-0.2, 0) is 104 Å². The zero-order chi connectivity index (χ0) is 87.1. The van der Waals surface area contributed by atoms with Crippen LogP contribution in [0.4, 0.5) is 0 Å². The van der Waals surface area contributed by atoms with Gasteiger partial charge in [0.2, 0.25) is 0 Å². The third kappa shape index (κ3) is 37.3. The Morgan fingerprint density at radius 2 is 0.612 bits per heavy atom. The Bertz CT molecular complexity index is 4340. The van der Waals surface area contributed by atoms with E-state index in [0.29, 0.717) is 57.8 Å². The highest BCUT2D eigenvalue weighted by Crippen LogP contribution is 2.39. The van der Waals surface area contributed by atoms with E-state index in [1.807, 2.05) is 126 Å². The molecular weight excluding hydrogens is 1620 g/mol. The molecule has 0 unspecified atom stereocenters. The molecule has 23 nitrogen and oxygen atoms in total. The van der Waals surface area contributed by atoms with Gasteiger partial charge in [-0.3, -0.25) is 0 Å². The van der Waals surface area contributed by atoms with Crippen LogP contribution < -0.4 is 0 Å². The van der Waals surface area contributed by atoms with Crippen molar-refractivity contribution in [3.8, 4) is 0 Å². The van der Waals surface area contributed by atoms with Crippen molar-refractivity contribution in [1.29, 1.82) is 0 Å². The van der Waals surface area contributed by atoms with Crippen molar-refractivity contribution in [1.82, 2.24) is 45.0 Å². The van der Waals surface area contributed by atoms with E-state index >= 15 is 0 Å². The molecule has 116 heavy (non-hydrogen) atoms. The highest BCUT2D eigenvalue weighted by Gasteiger charge is 2.39. The quantitative estimate of drug-likeness (QED) is 0.0102. The van der Waals surface area contributed by atoms with Crippen LogP contribution in [-0.4, -0.2) is 115 Å². The van der Waals surface area contributed by atoms with Gasteiger partial charge in [0.25, 0.3) is 0 Å². The first kappa shape index (κ1) is 100. The number of hydrogen-bond donors (Lipinski definition) is 2. The lowest BCUT2D eigenvalue weighted by Crippen LogP contribution is -2.40. The van der Waals surface area contributed by atoms with Gasteiger partial charge in [-0.2, -0.15) is 0 Å². The standard InChI is InChI=1S/C21H33N3O3Si.C15H18BrN3O2.C15H19N3O3.C14H23ClOSi.C14H23N3OSi.C8H9ClO/c1-20(2,3)27-19(25)18-14-24(23-22-18)13-16-9-11-17(12-10-16)15-26-28(7,8)21(4,5)6;1-15(2,3)21-14(20)13-10-19(18-17-13)9-12-6-4-11(8-16)5-7-12;1-15(2,3)21-14(20)13-9-18(17-16-13)8-11-4-6-12(10-19)7-5-11;1-14(2,3)17(4,5)16-11-13-8-6-12(10-15)7-9-13;1-14(2,3)19(4,5)18-11-13-8-6-12(7-9-13)10-16-17-15;9-5-7-1-3-8(6-10)4-2-7/h9-12,14H,13,15H2,1-8H3;4-7,10H,8-9H2,1-3H3;4-7,9,19H,8,10H2,1-3H3;6-9H,10-11H2,1-5H3;6-9H,10-11H2,1-5H3;1-4,10H,5-6H2. The molecule has 0 amide bonds. The molecule has 0 spiro atoms. The molecule has 0 saturated carbocycles. The van der Waals surface area contributed by atoms with Crippen LogP contribution in [0.3, 0.4) is 0 Å². The Morgan fingerprint density at radius 3 is 0.828 bits per heavy atom. The Morgan fingerprint density at radius 1 is 0.388 bits per heavy atom. The summed E-state index contributed by atoms with van der Waals surface area (Å²) in [6.45, 7) is 54.3. The van der Waals surface area contributed by atoms with E-state index in [2.05, 4.69) is 219 Å². The first-order valence-corrected chi connectivity index (χ1v) is 49.5. The number of halogens is 3. The lowest BCUT2D eigenvalue weighted by Gasteiger charge is -2.36. The van der Waals surface area contributed by atoms with Crippen molar-refractivity contribution in [3.63, 3.8) is 0 Å². The van der Waals surface area contributed by atoms with Crippen LogP contribution in [0.2, 0.25) is 54.4 Å². The molecule has 6 aromatic carbocycles. The second-order valence-corrected chi connectivity index (χ2v) is 51.1. The van der Waals surface area contributed by atoms with E-state index in [4.69, 9.17) is 66.4 Å². The molecule has 0 aliphatic rings. The van der Waals surface area contributed by atoms with Crippen LogP contribution in [0.15, 0.2) is 169 Å². The number of aliphatic hydroxyl groups excluding tert-OH is 2. The fraction of sp³-hybridized carbons (Fsp3) is 0.483. The van der Waals surface area contributed by atoms with Gasteiger partial charge in [0.05, 0.1) is 77.8 Å². The summed E-state index contributed by atoms with van der Waals surface area (Å²) < 4.78 is 39.2. The zero-order valence-corrected chi connectivity index (χ0v) is 78.7. The molecule has 2 N–H and O–H groups in total. The van der Waals surface area contributed by atoms with Crippen molar-refractivity contribution in [2.24, 2.45) is 5.11 Å². The van der Waals surface area contributed by atoms with Crippen molar-refractivity contribution < 1.29 is 52.1 Å². The summed E-state index contributed by atoms with van der Waals surface area (Å²) in [5.41, 5.74) is 20.2. The highest BCUT2D eigenvalue weighted by molar-refractivity contribution is 9.08. The summed E-state index contributed by atoms with van der Waals surface area (Å²) in [5.74, 6) is -0.292. The van der Waals surface area contributed by atoms with E-state index in [-0.39, 0.29) is 45.4 Å². The normalized spacial score (nSPS) is 11.9. The average Bonchev–Trinajstić information content (AvgIpc) is 0.875. The summed E-state index contributed by atoms with van der Waals surface area (Å²) in [6, 6.07) is 47.9. The molecule has 3 heterocycles. The Kier molecular flexibility index (Phi) is 39.6. The maximum atomic E-state index is 12.0. The Labute approximate surface area is 710 Å². The van der Waals surface area contributed by atoms with Gasteiger partial charge < -0.3 is 37.7 Å². The molecule has 0 aliphatic heterocycles. The predicted molar refractivity (Wildman–Crippen MR) is 474 cm³/mol. The summed E-state index contributed by atoms with van der Waals surface area (Å²) in [6.07, 6.45) is 4.78. The van der Waals surface area contributed by atoms with Gasteiger partial charge >= 0.3 is 17.9 Å². The fourth-order valence-corrected chi connectivity index (χ4v) is 12.5. The van der Waals surface area contributed by atoms with E-state index < -0.39 is 59.7 Å². The molecule has 0 fully saturated rings. The third-order valence-electron chi connectivity index (χ3n) is 19.0. The third-order valence-corrected chi connectivity index (χ3v) is 33.7. The van der Waals surface area contributed by atoms with Crippen molar-refractivity contribution in [2.45, 2.75) is 272 Å². The smallest absolute Gasteiger partial charge is 0.361 e. The number of alkyl halides is 3. The number of rotatable bonds is 25. The number of aromatic nitrogens is 9. The molecule has 0 saturated heterocycles. The molecule has 29 heteroatoms. The topological polar surface area (TPSA) is 288 Å². The number of hydrogen-bond acceptors (Lipinski definition) is 18. The minimum Gasteiger partial charge on any atom is -0.455 e. The maximum Gasteiger partial charge on any atom is 0.361 e. The first-order valence-electron chi connectivity index (χ1n) is 38.6. The van der Waals surface area contributed by atoms with Gasteiger partial charge in [0, 0.05) is 22.0 Å². The minimum absolute atomic E-state index is 0.0202. The predicted octanol–water partition coefficient (Wildman–Crippen LogP) is 21.6. The number of carbonyl (C=O) groups is 3. The molecule has 0 bridgehead atoms. The van der Waals surface area contributed by atoms with Gasteiger partial charge in [-0.05, 0) is 189 Å². The molecule has 3 aromatic heterocycles. The summed E-state index contributed by atoms with van der Waals surface area (Å²) >= 11 is 14.7. The second-order valence-electron chi connectivity index (χ2n) is 35.6. The lowest BCUT2D eigenvalue weighted by atomic mass is 10.1. The van der Waals surface area contributed by atoms with E-state index in [9.17, 15) is 14.4 Å². The molecule has 9 aromatic rings. The molecule has 632 valence electrons. The summed E-state index contributed by atoms with van der Waals surface area (Å²) in [4.78, 5) is 38.5. The summed E-state index contributed by atoms with van der Waals surface area (Å²) in [5, 5.41) is 46.3.